The molecule has 0 aromatic carbocycles. The highest BCUT2D eigenvalue weighted by atomic mass is 16.7. The smallest absolute Gasteiger partial charge is 0.297 e. The van der Waals surface area contributed by atoms with E-state index in [1.807, 2.05) is 0 Å². The predicted octanol–water partition coefficient (Wildman–Crippen LogP) is -4.83. The van der Waals surface area contributed by atoms with Crippen molar-refractivity contribution < 1.29 is 40.1 Å². The van der Waals surface area contributed by atoms with Gasteiger partial charge in [0.2, 0.25) is 29.7 Å². The van der Waals surface area contributed by atoms with Crippen LogP contribution in [0.25, 0.3) is 0 Å². The van der Waals surface area contributed by atoms with Crippen molar-refractivity contribution in [3.63, 3.8) is 0 Å². The fourth-order valence-electron chi connectivity index (χ4n) is 2.37. The van der Waals surface area contributed by atoms with Gasteiger partial charge in [0.15, 0.2) is 11.6 Å². The second kappa shape index (κ2) is 9.45. The Bertz CT molecular complexity index is 948. The molecule has 1 fully saturated rings. The highest BCUT2D eigenvalue weighted by Crippen LogP contribution is 2.27. The first-order valence-corrected chi connectivity index (χ1v) is 8.39. The van der Waals surface area contributed by atoms with Crippen molar-refractivity contribution in [3.05, 3.63) is 10.4 Å². The first kappa shape index (κ1) is 23.6. The van der Waals surface area contributed by atoms with E-state index in [9.17, 15) is 20.1 Å². The van der Waals surface area contributed by atoms with Crippen LogP contribution in [0.4, 0.5) is 23.5 Å². The summed E-state index contributed by atoms with van der Waals surface area (Å²) < 4.78 is 10.2. The Kier molecular flexibility index (Phi) is 7.20. The highest BCUT2D eigenvalue weighted by molar-refractivity contribution is 5.53. The van der Waals surface area contributed by atoms with Gasteiger partial charge in [0.05, 0.1) is 6.61 Å². The molecule has 0 amide bonds. The number of rotatable bonds is 3. The van der Waals surface area contributed by atoms with E-state index in [1.54, 1.807) is 0 Å². The second-order valence-corrected chi connectivity index (χ2v) is 6.12. The summed E-state index contributed by atoms with van der Waals surface area (Å²) in [4.78, 5) is 24.0. The second-order valence-electron chi connectivity index (χ2n) is 6.12. The number of H-pyrrole nitrogens is 1. The maximum absolute atomic E-state index is 11.7. The summed E-state index contributed by atoms with van der Waals surface area (Å²) in [5, 5.41) is 55.5. The van der Waals surface area contributed by atoms with Crippen molar-refractivity contribution in [3.8, 4) is 17.4 Å². The zero-order chi connectivity index (χ0) is 23.5. The Morgan fingerprint density at radius 3 is 2.16 bits per heavy atom. The standard InChI is InChI=1S/C10H16N4O7.C4H6N4O2/c11-7-6(8(19)14-10(12)13-7)21-9-5(18)4(17)3(16)2(1-15)20-9;5-2-1(9)3(10)8-4(6)7-2/h2-5,9,15-18H,1H2,(H5,11,12,13,14,19);9H,(H5,5,6,7,8,10)/t2-,3-,4+,5-,9+;/m1./s1. The summed E-state index contributed by atoms with van der Waals surface area (Å²) in [5.74, 6) is -2.59. The molecule has 2 aromatic rings. The van der Waals surface area contributed by atoms with E-state index in [1.165, 1.54) is 0 Å². The third kappa shape index (κ3) is 5.29. The van der Waals surface area contributed by atoms with Crippen molar-refractivity contribution in [1.82, 2.24) is 19.9 Å². The molecule has 15 N–H and O–H groups in total. The molecular weight excluding hydrogens is 424 g/mol. The first-order chi connectivity index (χ1) is 14.5. The minimum absolute atomic E-state index is 0.173. The Labute approximate surface area is 172 Å². The average Bonchev–Trinajstić information content (AvgIpc) is 2.69. The lowest BCUT2D eigenvalue weighted by molar-refractivity contribution is -0.277. The number of nitrogens with one attached hydrogen (secondary N) is 1. The number of nitrogens with two attached hydrogens (primary N) is 4. The van der Waals surface area contributed by atoms with Crippen LogP contribution in [0.1, 0.15) is 0 Å². The van der Waals surface area contributed by atoms with Crippen molar-refractivity contribution in [2.24, 2.45) is 0 Å². The first-order valence-electron chi connectivity index (χ1n) is 8.39. The monoisotopic (exact) mass is 446 g/mol. The zero-order valence-electron chi connectivity index (χ0n) is 15.7. The molecule has 0 saturated carbocycles. The van der Waals surface area contributed by atoms with E-state index in [4.69, 9.17) is 47.7 Å². The lowest BCUT2D eigenvalue weighted by Gasteiger charge is -2.39. The third-order valence-electron chi connectivity index (χ3n) is 3.91. The number of nitrogen functional groups attached to an aromatic ring is 4. The number of aliphatic hydroxyl groups excluding tert-OH is 4. The van der Waals surface area contributed by atoms with Crippen molar-refractivity contribution >= 4 is 23.5 Å². The van der Waals surface area contributed by atoms with E-state index >= 15 is 0 Å². The number of anilines is 4. The van der Waals surface area contributed by atoms with E-state index in [0.29, 0.717) is 0 Å². The predicted molar refractivity (Wildman–Crippen MR) is 102 cm³/mol. The molecule has 3 heterocycles. The molecule has 0 radical (unpaired) electrons. The SMILES string of the molecule is Nc1nc(N)c(O)c(O)n1.Nc1nc(N)c(O[C@@H]2O[C@H](CO)[C@@H](O)[C@H](O)[C@H]2O)c(=O)[nH]1. The molecule has 0 unspecified atom stereocenters. The summed E-state index contributed by atoms with van der Waals surface area (Å²) >= 11 is 0. The van der Waals surface area contributed by atoms with Gasteiger partial charge in [0, 0.05) is 0 Å². The van der Waals surface area contributed by atoms with E-state index in [-0.39, 0.29) is 23.5 Å². The summed E-state index contributed by atoms with van der Waals surface area (Å²) in [6.07, 6.45) is -7.54. The minimum Gasteiger partial charge on any atom is -0.501 e. The molecule has 1 aliphatic rings. The summed E-state index contributed by atoms with van der Waals surface area (Å²) in [7, 11) is 0. The van der Waals surface area contributed by atoms with E-state index in [2.05, 4.69) is 19.9 Å². The molecular formula is C14H22N8O9. The molecule has 0 spiro atoms. The Balaban J connectivity index is 0.000000285. The van der Waals surface area contributed by atoms with Gasteiger partial charge in [-0.15, -0.1) is 0 Å². The van der Waals surface area contributed by atoms with Crippen LogP contribution in [-0.2, 0) is 4.74 Å². The lowest BCUT2D eigenvalue weighted by atomic mass is 9.99. The van der Waals surface area contributed by atoms with Gasteiger partial charge in [-0.2, -0.15) is 15.0 Å². The Morgan fingerprint density at radius 2 is 1.61 bits per heavy atom. The highest BCUT2D eigenvalue weighted by Gasteiger charge is 2.45. The molecule has 0 aliphatic carbocycles. The van der Waals surface area contributed by atoms with Crippen molar-refractivity contribution in [1.29, 1.82) is 0 Å². The molecule has 31 heavy (non-hydrogen) atoms. The number of aliphatic hydroxyl groups is 4. The quantitative estimate of drug-likeness (QED) is 0.210. The maximum Gasteiger partial charge on any atom is 0.297 e. The number of hydrogen-bond donors (Lipinski definition) is 11. The van der Waals surface area contributed by atoms with Crippen LogP contribution >= 0.6 is 0 Å². The molecule has 1 saturated heterocycles. The molecule has 17 nitrogen and oxygen atoms in total. The molecule has 1 aliphatic heterocycles. The molecule has 0 bridgehead atoms. The topological polar surface area (TPSA) is 315 Å². The minimum atomic E-state index is -1.67. The molecule has 17 heteroatoms. The van der Waals surface area contributed by atoms with Gasteiger partial charge < -0.3 is 63.0 Å². The number of aromatic nitrogens is 4. The van der Waals surface area contributed by atoms with Crippen molar-refractivity contribution in [2.75, 3.05) is 29.5 Å². The summed E-state index contributed by atoms with van der Waals surface area (Å²) in [6, 6.07) is 0. The zero-order valence-corrected chi connectivity index (χ0v) is 15.7. The van der Waals surface area contributed by atoms with E-state index in [0.717, 1.165) is 0 Å². The van der Waals surface area contributed by atoms with E-state index < -0.39 is 60.3 Å². The number of aromatic hydroxyl groups is 2. The Morgan fingerprint density at radius 1 is 0.968 bits per heavy atom. The fourth-order valence-corrected chi connectivity index (χ4v) is 2.37. The van der Waals surface area contributed by atoms with Crippen molar-refractivity contribution in [2.45, 2.75) is 30.7 Å². The van der Waals surface area contributed by atoms with Gasteiger partial charge in [0.1, 0.15) is 24.4 Å². The molecule has 5 atom stereocenters. The van der Waals surface area contributed by atoms with Crippen LogP contribution < -0.4 is 33.2 Å². The number of hydrogen-bond acceptors (Lipinski definition) is 16. The van der Waals surface area contributed by atoms with Crippen LogP contribution in [0, 0.1) is 0 Å². The number of aromatic amines is 1. The largest absolute Gasteiger partial charge is 0.501 e. The van der Waals surface area contributed by atoms with Gasteiger partial charge in [-0.3, -0.25) is 9.78 Å². The third-order valence-corrected chi connectivity index (χ3v) is 3.91. The van der Waals surface area contributed by atoms with Gasteiger partial charge in [-0.25, -0.2) is 0 Å². The summed E-state index contributed by atoms with van der Waals surface area (Å²) in [5.41, 5.74) is 20.1. The number of ether oxygens (including phenoxy) is 2. The van der Waals surface area contributed by atoms with Crippen LogP contribution in [0.5, 0.6) is 17.4 Å². The summed E-state index contributed by atoms with van der Waals surface area (Å²) in [6.45, 7) is -0.628. The molecule has 2 aromatic heterocycles. The maximum atomic E-state index is 11.7. The van der Waals surface area contributed by atoms with Crippen LogP contribution in [-0.4, -0.2) is 87.9 Å². The normalized spacial score (nSPS) is 25.4. The Hall–Kier alpha value is -3.64. The van der Waals surface area contributed by atoms with Gasteiger partial charge >= 0.3 is 0 Å². The van der Waals surface area contributed by atoms with Gasteiger partial charge in [-0.1, -0.05) is 0 Å². The number of nitrogens with zero attached hydrogens (tertiary/aromatic N) is 3. The lowest BCUT2D eigenvalue weighted by Crippen LogP contribution is -2.60. The van der Waals surface area contributed by atoms with Crippen LogP contribution in [0.2, 0.25) is 0 Å². The van der Waals surface area contributed by atoms with Gasteiger partial charge in [0.25, 0.3) is 11.4 Å². The van der Waals surface area contributed by atoms with Crippen LogP contribution in [0.3, 0.4) is 0 Å². The average molecular weight is 446 g/mol. The fraction of sp³-hybridized carbons (Fsp3) is 0.429. The van der Waals surface area contributed by atoms with Gasteiger partial charge in [-0.05, 0) is 0 Å². The van der Waals surface area contributed by atoms with Crippen LogP contribution in [0.15, 0.2) is 4.79 Å². The molecule has 3 rings (SSSR count). The molecule has 172 valence electrons.